The number of nitrogens with zero attached hydrogens (tertiary/aromatic N) is 1. The zero-order valence-corrected chi connectivity index (χ0v) is 12.9. The van der Waals surface area contributed by atoms with Crippen molar-refractivity contribution in [1.29, 1.82) is 0 Å². The van der Waals surface area contributed by atoms with Gasteiger partial charge in [-0.05, 0) is 6.42 Å². The van der Waals surface area contributed by atoms with E-state index in [2.05, 4.69) is 10.2 Å². The summed E-state index contributed by atoms with van der Waals surface area (Å²) in [5.41, 5.74) is 0. The van der Waals surface area contributed by atoms with Crippen LogP contribution in [0.15, 0.2) is 0 Å². The highest BCUT2D eigenvalue weighted by Gasteiger charge is 2.44. The number of methoxy groups -OCH3 is 1. The van der Waals surface area contributed by atoms with E-state index in [1.54, 1.807) is 14.2 Å². The van der Waals surface area contributed by atoms with Crippen LogP contribution in [0.2, 0.25) is 0 Å². The highest BCUT2D eigenvalue weighted by atomic mass is 19.4. The number of alkyl halides is 3. The number of likely N-dealkylation sites (tertiary alicyclic amines) is 1. The first kappa shape index (κ1) is 19.7. The van der Waals surface area contributed by atoms with E-state index in [0.29, 0.717) is 0 Å². The normalized spacial score (nSPS) is 27.1. The molecule has 2 N–H and O–H groups in total. The lowest BCUT2D eigenvalue weighted by atomic mass is 10.00. The van der Waals surface area contributed by atoms with Crippen LogP contribution >= 0.6 is 0 Å². The largest absolute Gasteiger partial charge is 0.490 e. The molecule has 0 aromatic rings. The maximum Gasteiger partial charge on any atom is 0.490 e. The van der Waals surface area contributed by atoms with Crippen molar-refractivity contribution in [2.24, 2.45) is 5.92 Å². The third kappa shape index (κ3) is 5.96. The van der Waals surface area contributed by atoms with E-state index in [9.17, 15) is 18.0 Å². The highest BCUT2D eigenvalue weighted by molar-refractivity contribution is 5.79. The van der Waals surface area contributed by atoms with E-state index in [1.807, 2.05) is 0 Å². The molecule has 2 aliphatic rings. The fourth-order valence-corrected chi connectivity index (χ4v) is 2.60. The minimum atomic E-state index is -5.08. The van der Waals surface area contributed by atoms with Crippen molar-refractivity contribution in [3.8, 4) is 0 Å². The molecule has 0 aromatic heterocycles. The van der Waals surface area contributed by atoms with Crippen LogP contribution in [-0.2, 0) is 19.1 Å². The van der Waals surface area contributed by atoms with Crippen LogP contribution in [0.4, 0.5) is 13.2 Å². The molecule has 7 nitrogen and oxygen atoms in total. The number of carboxylic acid groups (broad SMARTS) is 1. The summed E-state index contributed by atoms with van der Waals surface area (Å²) >= 11 is 0. The summed E-state index contributed by atoms with van der Waals surface area (Å²) in [6, 6.07) is 0. The molecular formula is C13H21F3N2O5. The lowest BCUT2D eigenvalue weighted by Gasteiger charge is -2.32. The number of morpholine rings is 1. The van der Waals surface area contributed by atoms with Gasteiger partial charge >= 0.3 is 12.1 Å². The number of aliphatic carboxylic acids is 1. The topological polar surface area (TPSA) is 88.1 Å². The van der Waals surface area contributed by atoms with Crippen molar-refractivity contribution >= 4 is 11.9 Å². The Morgan fingerprint density at radius 3 is 2.48 bits per heavy atom. The Labute approximate surface area is 131 Å². The number of carboxylic acids is 1. The molecule has 2 aliphatic heterocycles. The van der Waals surface area contributed by atoms with E-state index in [4.69, 9.17) is 19.4 Å². The van der Waals surface area contributed by atoms with Crippen LogP contribution in [0.1, 0.15) is 6.42 Å². The smallest absolute Gasteiger partial charge is 0.475 e. The molecule has 1 amide bonds. The first-order valence-electron chi connectivity index (χ1n) is 7.07. The molecular weight excluding hydrogens is 321 g/mol. The molecule has 2 rings (SSSR count). The van der Waals surface area contributed by atoms with Gasteiger partial charge in [0, 0.05) is 33.8 Å². The van der Waals surface area contributed by atoms with Crippen LogP contribution in [-0.4, -0.2) is 80.7 Å². The van der Waals surface area contributed by atoms with Crippen LogP contribution in [0.3, 0.4) is 0 Å². The van der Waals surface area contributed by atoms with Crippen molar-refractivity contribution in [1.82, 2.24) is 10.2 Å². The van der Waals surface area contributed by atoms with Gasteiger partial charge in [-0.25, -0.2) is 4.79 Å². The molecule has 10 heteroatoms. The molecule has 3 unspecified atom stereocenters. The second kappa shape index (κ2) is 8.46. The molecule has 23 heavy (non-hydrogen) atoms. The molecule has 0 spiro atoms. The lowest BCUT2D eigenvalue weighted by molar-refractivity contribution is -0.192. The minimum Gasteiger partial charge on any atom is -0.475 e. The number of hydrogen-bond acceptors (Lipinski definition) is 5. The van der Waals surface area contributed by atoms with Gasteiger partial charge in [0.2, 0.25) is 5.91 Å². The first-order valence-corrected chi connectivity index (χ1v) is 7.07. The Balaban J connectivity index is 0.000000322. The maximum atomic E-state index is 11.6. The Bertz CT molecular complexity index is 419. The van der Waals surface area contributed by atoms with Crippen molar-refractivity contribution in [2.45, 2.75) is 24.8 Å². The molecule has 2 bridgehead atoms. The zero-order chi connectivity index (χ0) is 17.6. The van der Waals surface area contributed by atoms with E-state index in [1.165, 1.54) is 0 Å². The highest BCUT2D eigenvalue weighted by Crippen LogP contribution is 2.31. The van der Waals surface area contributed by atoms with Crippen LogP contribution in [0, 0.1) is 5.92 Å². The van der Waals surface area contributed by atoms with Crippen molar-refractivity contribution in [3.05, 3.63) is 0 Å². The van der Waals surface area contributed by atoms with Gasteiger partial charge < -0.3 is 19.9 Å². The molecule has 2 heterocycles. The SMILES string of the molecule is CNC(=O)C1CC2CN(CCOC)CC1O2.O=C(O)C(F)(F)F. The summed E-state index contributed by atoms with van der Waals surface area (Å²) in [6.07, 6.45) is -3.94. The van der Waals surface area contributed by atoms with Gasteiger partial charge in [0.05, 0.1) is 24.7 Å². The predicted molar refractivity (Wildman–Crippen MR) is 72.8 cm³/mol. The summed E-state index contributed by atoms with van der Waals surface area (Å²) in [4.78, 5) is 22.9. The molecule has 2 fully saturated rings. The van der Waals surface area contributed by atoms with Crippen LogP contribution in [0.25, 0.3) is 0 Å². The van der Waals surface area contributed by atoms with E-state index >= 15 is 0 Å². The van der Waals surface area contributed by atoms with Crippen molar-refractivity contribution in [3.63, 3.8) is 0 Å². The Morgan fingerprint density at radius 1 is 1.39 bits per heavy atom. The van der Waals surface area contributed by atoms with E-state index in [0.717, 1.165) is 32.7 Å². The van der Waals surface area contributed by atoms with Gasteiger partial charge in [0.15, 0.2) is 0 Å². The van der Waals surface area contributed by atoms with Gasteiger partial charge in [0.1, 0.15) is 0 Å². The number of halogens is 3. The van der Waals surface area contributed by atoms with Crippen LogP contribution < -0.4 is 5.32 Å². The zero-order valence-electron chi connectivity index (χ0n) is 12.9. The number of nitrogens with one attached hydrogen (secondary N) is 1. The second-order valence-corrected chi connectivity index (χ2v) is 5.31. The number of rotatable bonds is 4. The number of carbonyl (C=O) groups is 2. The fraction of sp³-hybridized carbons (Fsp3) is 0.846. The van der Waals surface area contributed by atoms with Gasteiger partial charge in [-0.3, -0.25) is 9.69 Å². The third-order valence-corrected chi connectivity index (χ3v) is 3.67. The molecule has 2 saturated heterocycles. The molecule has 0 saturated carbocycles. The van der Waals surface area contributed by atoms with Gasteiger partial charge in [-0.15, -0.1) is 0 Å². The monoisotopic (exact) mass is 342 g/mol. The van der Waals surface area contributed by atoms with Crippen LogP contribution in [0.5, 0.6) is 0 Å². The van der Waals surface area contributed by atoms with Crippen molar-refractivity contribution in [2.75, 3.05) is 40.4 Å². The molecule has 0 aromatic carbocycles. The molecule has 3 atom stereocenters. The Kier molecular flexibility index (Phi) is 7.23. The fourth-order valence-electron chi connectivity index (χ4n) is 2.60. The van der Waals surface area contributed by atoms with E-state index < -0.39 is 12.1 Å². The predicted octanol–water partition coefficient (Wildman–Crippen LogP) is 0.101. The summed E-state index contributed by atoms with van der Waals surface area (Å²) in [5.74, 6) is -2.61. The summed E-state index contributed by atoms with van der Waals surface area (Å²) in [5, 5.41) is 9.84. The van der Waals surface area contributed by atoms with Gasteiger partial charge in [-0.2, -0.15) is 13.2 Å². The maximum absolute atomic E-state index is 11.6. The standard InChI is InChI=1S/C11H20N2O3.C2HF3O2/c1-12-11(14)9-5-8-6-13(3-4-15-2)7-10(9)16-8;3-2(4,5)1(6)7/h8-10H,3-7H2,1-2H3,(H,12,14);(H,6,7). The number of ether oxygens (including phenoxy) is 2. The average molecular weight is 342 g/mol. The second-order valence-electron chi connectivity index (χ2n) is 5.31. The number of hydrogen-bond donors (Lipinski definition) is 2. The summed E-state index contributed by atoms with van der Waals surface area (Å²) in [7, 11) is 3.40. The summed E-state index contributed by atoms with van der Waals surface area (Å²) < 4.78 is 42.6. The average Bonchev–Trinajstić information content (AvgIpc) is 2.78. The quantitative estimate of drug-likeness (QED) is 0.754. The third-order valence-electron chi connectivity index (χ3n) is 3.67. The summed E-state index contributed by atoms with van der Waals surface area (Å²) in [6.45, 7) is 3.43. The Morgan fingerprint density at radius 2 is 2.00 bits per heavy atom. The van der Waals surface area contributed by atoms with Gasteiger partial charge in [0.25, 0.3) is 0 Å². The molecule has 0 radical (unpaired) electrons. The first-order chi connectivity index (χ1) is 10.7. The molecule has 134 valence electrons. The number of carbonyl (C=O) groups excluding carboxylic acids is 1. The molecule has 0 aliphatic carbocycles. The Hall–Kier alpha value is -1.39. The minimum absolute atomic E-state index is 0.0301. The van der Waals surface area contributed by atoms with E-state index in [-0.39, 0.29) is 24.0 Å². The van der Waals surface area contributed by atoms with Gasteiger partial charge in [-0.1, -0.05) is 0 Å². The number of amides is 1. The number of fused-ring (bicyclic) bond motifs is 2. The van der Waals surface area contributed by atoms with Crippen molar-refractivity contribution < 1.29 is 37.3 Å². The lowest BCUT2D eigenvalue weighted by Crippen LogP contribution is -2.46.